The van der Waals surface area contributed by atoms with Crippen LogP contribution in [0.15, 0.2) is 78.9 Å². The fraction of sp³-hybridized carbons (Fsp3) is 0.136. The third-order valence-corrected chi connectivity index (χ3v) is 4.98. The number of benzene rings is 3. The lowest BCUT2D eigenvalue weighted by Gasteiger charge is -2.25. The van der Waals surface area contributed by atoms with Gasteiger partial charge in [0.05, 0.1) is 18.2 Å². The Morgan fingerprint density at radius 3 is 2.36 bits per heavy atom. The summed E-state index contributed by atoms with van der Waals surface area (Å²) in [5.41, 5.74) is 3.01. The maximum Gasteiger partial charge on any atom is 0.246 e. The quantitative estimate of drug-likeness (QED) is 0.698. The predicted octanol–water partition coefficient (Wildman–Crippen LogP) is 4.68. The Labute approximate surface area is 147 Å². The third kappa shape index (κ3) is 2.23. The van der Waals surface area contributed by atoms with Crippen LogP contribution in [-0.2, 0) is 10.2 Å². The van der Waals surface area contributed by atoms with Gasteiger partial charge < -0.3 is 4.74 Å². The van der Waals surface area contributed by atoms with Crippen LogP contribution < -0.4 is 9.64 Å². The predicted molar refractivity (Wildman–Crippen MR) is 99.5 cm³/mol. The molecule has 0 fully saturated rings. The second kappa shape index (κ2) is 5.78. The largest absolute Gasteiger partial charge is 0.497 e. The Bertz CT molecular complexity index is 936. The smallest absolute Gasteiger partial charge is 0.246 e. The molecule has 4 rings (SSSR count). The highest BCUT2D eigenvalue weighted by Crippen LogP contribution is 2.49. The van der Waals surface area contributed by atoms with Gasteiger partial charge in [0, 0.05) is 5.69 Å². The summed E-state index contributed by atoms with van der Waals surface area (Å²) in [6, 6.07) is 25.6. The summed E-state index contributed by atoms with van der Waals surface area (Å²) in [6.45, 7) is 1.99. The first-order chi connectivity index (χ1) is 12.2. The van der Waals surface area contributed by atoms with Crippen molar-refractivity contribution >= 4 is 17.3 Å². The van der Waals surface area contributed by atoms with Gasteiger partial charge in [-0.25, -0.2) is 0 Å². The van der Waals surface area contributed by atoms with E-state index in [0.717, 1.165) is 28.3 Å². The third-order valence-electron chi connectivity index (χ3n) is 4.98. The molecule has 3 heteroatoms. The summed E-state index contributed by atoms with van der Waals surface area (Å²) in [6.07, 6.45) is 0. The highest BCUT2D eigenvalue weighted by atomic mass is 16.5. The van der Waals surface area contributed by atoms with Crippen molar-refractivity contribution in [2.24, 2.45) is 0 Å². The van der Waals surface area contributed by atoms with E-state index in [4.69, 9.17) is 4.74 Å². The zero-order chi connectivity index (χ0) is 17.4. The SMILES string of the molecule is COc1cccc([C@@]2(C)C(=O)N(c3ccccc3)c3ccccc32)c1. The summed E-state index contributed by atoms with van der Waals surface area (Å²) < 4.78 is 5.37. The number of hydrogen-bond acceptors (Lipinski definition) is 2. The summed E-state index contributed by atoms with van der Waals surface area (Å²) in [7, 11) is 1.64. The Morgan fingerprint density at radius 1 is 0.880 bits per heavy atom. The number of carbonyl (C=O) groups is 1. The number of nitrogens with zero attached hydrogens (tertiary/aromatic N) is 1. The number of amides is 1. The molecule has 0 radical (unpaired) electrons. The standard InChI is InChI=1S/C22H19NO2/c1-22(16-9-8-12-18(15-16)25-2)19-13-6-7-14-20(19)23(21(22)24)17-10-4-3-5-11-17/h3-15H,1-2H3/t22-/m1/s1. The van der Waals surface area contributed by atoms with Crippen LogP contribution in [0, 0.1) is 0 Å². The fourth-order valence-electron chi connectivity index (χ4n) is 3.59. The minimum absolute atomic E-state index is 0.0492. The first-order valence-electron chi connectivity index (χ1n) is 8.30. The molecule has 1 atom stereocenters. The van der Waals surface area contributed by atoms with Gasteiger partial charge >= 0.3 is 0 Å². The average Bonchev–Trinajstić information content (AvgIpc) is 2.91. The molecule has 1 aliphatic heterocycles. The Morgan fingerprint density at radius 2 is 1.60 bits per heavy atom. The summed E-state index contributed by atoms with van der Waals surface area (Å²) >= 11 is 0. The van der Waals surface area contributed by atoms with Gasteiger partial charge in [-0.05, 0) is 48.4 Å². The van der Waals surface area contributed by atoms with Crippen molar-refractivity contribution in [3.8, 4) is 5.75 Å². The molecule has 3 nitrogen and oxygen atoms in total. The first kappa shape index (κ1) is 15.5. The van der Waals surface area contributed by atoms with Crippen molar-refractivity contribution in [3.05, 3.63) is 90.0 Å². The maximum atomic E-state index is 13.6. The van der Waals surface area contributed by atoms with Crippen molar-refractivity contribution in [1.82, 2.24) is 0 Å². The van der Waals surface area contributed by atoms with Crippen molar-refractivity contribution in [2.45, 2.75) is 12.3 Å². The van der Waals surface area contributed by atoms with Crippen LogP contribution in [0.4, 0.5) is 11.4 Å². The zero-order valence-corrected chi connectivity index (χ0v) is 14.3. The molecule has 124 valence electrons. The average molecular weight is 329 g/mol. The fourth-order valence-corrected chi connectivity index (χ4v) is 3.59. The minimum atomic E-state index is -0.749. The van der Waals surface area contributed by atoms with E-state index in [0.29, 0.717) is 0 Å². The van der Waals surface area contributed by atoms with E-state index in [9.17, 15) is 4.79 Å². The highest BCUT2D eigenvalue weighted by molar-refractivity contribution is 6.14. The molecule has 0 bridgehead atoms. The normalized spacial score (nSPS) is 19.0. The number of carbonyl (C=O) groups excluding carboxylic acids is 1. The van der Waals surface area contributed by atoms with Crippen LogP contribution in [0.5, 0.6) is 5.75 Å². The minimum Gasteiger partial charge on any atom is -0.497 e. The number of methoxy groups -OCH3 is 1. The molecule has 0 saturated heterocycles. The molecule has 25 heavy (non-hydrogen) atoms. The molecule has 0 N–H and O–H groups in total. The lowest BCUT2D eigenvalue weighted by molar-refractivity contribution is -0.120. The van der Waals surface area contributed by atoms with Gasteiger partial charge in [0.25, 0.3) is 0 Å². The topological polar surface area (TPSA) is 29.5 Å². The van der Waals surface area contributed by atoms with Crippen LogP contribution >= 0.6 is 0 Å². The lowest BCUT2D eigenvalue weighted by Crippen LogP contribution is -2.36. The number of hydrogen-bond donors (Lipinski definition) is 0. The van der Waals surface area contributed by atoms with E-state index in [2.05, 4.69) is 0 Å². The van der Waals surface area contributed by atoms with Gasteiger partial charge in [-0.1, -0.05) is 48.5 Å². The second-order valence-electron chi connectivity index (χ2n) is 6.35. The highest BCUT2D eigenvalue weighted by Gasteiger charge is 2.49. The van der Waals surface area contributed by atoms with E-state index in [1.54, 1.807) is 7.11 Å². The van der Waals surface area contributed by atoms with E-state index in [1.165, 1.54) is 0 Å². The van der Waals surface area contributed by atoms with Gasteiger partial charge in [0.15, 0.2) is 0 Å². The number of rotatable bonds is 3. The molecule has 1 amide bonds. The molecular weight excluding hydrogens is 310 g/mol. The van der Waals surface area contributed by atoms with Crippen molar-refractivity contribution in [3.63, 3.8) is 0 Å². The van der Waals surface area contributed by atoms with Gasteiger partial charge in [-0.15, -0.1) is 0 Å². The molecule has 0 aliphatic carbocycles. The van der Waals surface area contributed by atoms with Crippen LogP contribution in [0.2, 0.25) is 0 Å². The molecule has 0 unspecified atom stereocenters. The van der Waals surface area contributed by atoms with Crippen molar-refractivity contribution in [2.75, 3.05) is 12.0 Å². The Kier molecular flexibility index (Phi) is 3.57. The molecule has 3 aromatic carbocycles. The van der Waals surface area contributed by atoms with Gasteiger partial charge in [-0.3, -0.25) is 9.69 Å². The van der Waals surface area contributed by atoms with Crippen molar-refractivity contribution < 1.29 is 9.53 Å². The van der Waals surface area contributed by atoms with Gasteiger partial charge in [0.2, 0.25) is 5.91 Å². The number of fused-ring (bicyclic) bond motifs is 1. The van der Waals surface area contributed by atoms with Gasteiger partial charge in [-0.2, -0.15) is 0 Å². The van der Waals surface area contributed by atoms with Crippen LogP contribution in [0.25, 0.3) is 0 Å². The molecular formula is C22H19NO2. The van der Waals surface area contributed by atoms with E-state index < -0.39 is 5.41 Å². The zero-order valence-electron chi connectivity index (χ0n) is 14.3. The molecule has 1 heterocycles. The molecule has 3 aromatic rings. The molecule has 0 saturated carbocycles. The van der Waals surface area contributed by atoms with E-state index in [1.807, 2.05) is 90.7 Å². The van der Waals surface area contributed by atoms with Gasteiger partial charge in [0.1, 0.15) is 5.75 Å². The number of para-hydroxylation sites is 2. The summed E-state index contributed by atoms with van der Waals surface area (Å²) in [5.74, 6) is 0.801. The Balaban J connectivity index is 1.94. The monoisotopic (exact) mass is 329 g/mol. The summed E-state index contributed by atoms with van der Waals surface area (Å²) in [4.78, 5) is 15.4. The van der Waals surface area contributed by atoms with Crippen LogP contribution in [0.1, 0.15) is 18.1 Å². The second-order valence-corrected chi connectivity index (χ2v) is 6.35. The first-order valence-corrected chi connectivity index (χ1v) is 8.30. The Hall–Kier alpha value is -3.07. The number of ether oxygens (including phenoxy) is 1. The molecule has 0 aromatic heterocycles. The van der Waals surface area contributed by atoms with Crippen molar-refractivity contribution in [1.29, 1.82) is 0 Å². The van der Waals surface area contributed by atoms with Crippen LogP contribution in [0.3, 0.4) is 0 Å². The summed E-state index contributed by atoms with van der Waals surface area (Å²) in [5, 5.41) is 0. The van der Waals surface area contributed by atoms with Crippen LogP contribution in [-0.4, -0.2) is 13.0 Å². The van der Waals surface area contributed by atoms with E-state index in [-0.39, 0.29) is 5.91 Å². The van der Waals surface area contributed by atoms with E-state index >= 15 is 0 Å². The molecule has 0 spiro atoms. The molecule has 1 aliphatic rings. The number of anilines is 2. The maximum absolute atomic E-state index is 13.6. The lowest BCUT2D eigenvalue weighted by atomic mass is 9.77.